The maximum absolute atomic E-state index is 13.6. The Morgan fingerprint density at radius 1 is 0.839 bits per heavy atom. The summed E-state index contributed by atoms with van der Waals surface area (Å²) in [6.45, 7) is 4.00. The van der Waals surface area contributed by atoms with Gasteiger partial charge in [0.25, 0.3) is 5.56 Å². The minimum absolute atomic E-state index is 0.0604. The van der Waals surface area contributed by atoms with E-state index < -0.39 is 22.9 Å². The Balaban J connectivity index is 0.00000132. The first-order valence-corrected chi connectivity index (χ1v) is 10.9. The van der Waals surface area contributed by atoms with Crippen LogP contribution in [0.5, 0.6) is 0 Å². The molecular weight excluding hydrogens is 398 g/mol. The summed E-state index contributed by atoms with van der Waals surface area (Å²) in [6, 6.07) is 13.9. The van der Waals surface area contributed by atoms with E-state index in [0.29, 0.717) is 22.7 Å². The normalized spacial score (nSPS) is 18.2. The Kier molecular flexibility index (Phi) is 7.55. The highest BCUT2D eigenvalue weighted by Crippen LogP contribution is 2.40. The van der Waals surface area contributed by atoms with Gasteiger partial charge in [-0.2, -0.15) is 0 Å². The Bertz CT molecular complexity index is 1110. The van der Waals surface area contributed by atoms with Crippen LogP contribution in [0.2, 0.25) is 0 Å². The smallest absolute Gasteiger partial charge is 0.311 e. The van der Waals surface area contributed by atoms with Crippen LogP contribution in [0.15, 0.2) is 58.1 Å². The molecule has 3 aromatic rings. The molecule has 1 heterocycles. The van der Waals surface area contributed by atoms with E-state index in [2.05, 4.69) is 22.1 Å². The summed E-state index contributed by atoms with van der Waals surface area (Å²) in [5.41, 5.74) is 1.82. The molecule has 0 atom stereocenters. The lowest BCUT2D eigenvalue weighted by atomic mass is 9.76. The zero-order valence-electron chi connectivity index (χ0n) is 17.9. The number of rotatable bonds is 4. The molecule has 2 N–H and O–H groups in total. The van der Waals surface area contributed by atoms with E-state index >= 15 is 0 Å². The number of halogens is 2. The predicted octanol–water partition coefficient (Wildman–Crippen LogP) is 5.40. The lowest BCUT2D eigenvalue weighted by Gasteiger charge is -2.29. The van der Waals surface area contributed by atoms with Gasteiger partial charge in [0, 0.05) is 17.7 Å². The number of aromatic amines is 2. The van der Waals surface area contributed by atoms with E-state index in [0.717, 1.165) is 37.8 Å². The molecule has 6 heteroatoms. The Morgan fingerprint density at radius 3 is 2.13 bits per heavy atom. The fourth-order valence-electron chi connectivity index (χ4n) is 4.35. The summed E-state index contributed by atoms with van der Waals surface area (Å²) in [7, 11) is 0. The molecule has 164 valence electrons. The van der Waals surface area contributed by atoms with Crippen molar-refractivity contribution in [1.82, 2.24) is 9.97 Å². The first-order chi connectivity index (χ1) is 15.0. The van der Waals surface area contributed by atoms with Crippen molar-refractivity contribution < 1.29 is 8.78 Å². The number of hydrogen-bond acceptors (Lipinski definition) is 2. The van der Waals surface area contributed by atoms with Crippen molar-refractivity contribution in [1.29, 1.82) is 0 Å². The second-order valence-corrected chi connectivity index (χ2v) is 7.68. The zero-order chi connectivity index (χ0) is 22.4. The average Bonchev–Trinajstić information content (AvgIpc) is 2.80. The average molecular weight is 427 g/mol. The number of hydrogen-bond donors (Lipinski definition) is 2. The van der Waals surface area contributed by atoms with Crippen LogP contribution in [0, 0.1) is 11.6 Å². The fourth-order valence-corrected chi connectivity index (χ4v) is 4.35. The van der Waals surface area contributed by atoms with Crippen LogP contribution < -0.4 is 11.2 Å². The predicted molar refractivity (Wildman–Crippen MR) is 119 cm³/mol. The monoisotopic (exact) mass is 426 g/mol. The molecule has 2 aromatic carbocycles. The van der Waals surface area contributed by atoms with E-state index in [9.17, 15) is 18.4 Å². The molecule has 1 fully saturated rings. The summed E-state index contributed by atoms with van der Waals surface area (Å²) in [4.78, 5) is 29.5. The molecule has 0 radical (unpaired) electrons. The van der Waals surface area contributed by atoms with Crippen LogP contribution in [0.3, 0.4) is 0 Å². The van der Waals surface area contributed by atoms with Crippen molar-refractivity contribution in [3.05, 3.63) is 103 Å². The summed E-state index contributed by atoms with van der Waals surface area (Å²) in [5, 5.41) is 0. The summed E-state index contributed by atoms with van der Waals surface area (Å²) >= 11 is 0. The van der Waals surface area contributed by atoms with Crippen LogP contribution in [0.4, 0.5) is 8.78 Å². The summed E-state index contributed by atoms with van der Waals surface area (Å²) in [6.07, 6.45) is 3.77. The van der Waals surface area contributed by atoms with Gasteiger partial charge < -0.3 is 4.98 Å². The number of nitrogens with one attached hydrogen (secondary N) is 2. The maximum Gasteiger partial charge on any atom is 0.325 e. The van der Waals surface area contributed by atoms with Gasteiger partial charge in [0.1, 0.15) is 0 Å². The molecule has 4 nitrogen and oxygen atoms in total. The number of benzene rings is 2. The fraction of sp³-hybridized carbons (Fsp3) is 0.360. The van der Waals surface area contributed by atoms with Gasteiger partial charge in [-0.25, -0.2) is 13.6 Å². The Labute approximate surface area is 180 Å². The lowest BCUT2D eigenvalue weighted by Crippen LogP contribution is -2.30. The molecule has 4 rings (SSSR count). The Morgan fingerprint density at radius 2 is 1.48 bits per heavy atom. The van der Waals surface area contributed by atoms with Crippen molar-refractivity contribution in [2.45, 2.75) is 57.8 Å². The van der Waals surface area contributed by atoms with E-state index in [1.54, 1.807) is 0 Å². The van der Waals surface area contributed by atoms with Crippen LogP contribution in [-0.4, -0.2) is 9.97 Å². The summed E-state index contributed by atoms with van der Waals surface area (Å²) in [5.74, 6) is -1.35. The minimum atomic E-state index is -0.951. The number of H-pyrrole nitrogens is 2. The van der Waals surface area contributed by atoms with Gasteiger partial charge in [0.05, 0.1) is 0 Å². The largest absolute Gasteiger partial charge is 0.325 e. The third-order valence-corrected chi connectivity index (χ3v) is 5.85. The van der Waals surface area contributed by atoms with Crippen LogP contribution in [0.1, 0.15) is 73.8 Å². The van der Waals surface area contributed by atoms with Gasteiger partial charge >= 0.3 is 5.69 Å². The molecule has 1 aliphatic rings. The molecule has 31 heavy (non-hydrogen) atoms. The van der Waals surface area contributed by atoms with Gasteiger partial charge in [-0.3, -0.25) is 9.78 Å². The first kappa shape index (κ1) is 22.7. The first-order valence-electron chi connectivity index (χ1n) is 10.9. The highest BCUT2D eigenvalue weighted by Gasteiger charge is 2.27. The maximum atomic E-state index is 13.6. The van der Waals surface area contributed by atoms with Crippen molar-refractivity contribution in [3.63, 3.8) is 0 Å². The molecule has 0 bridgehead atoms. The third-order valence-electron chi connectivity index (χ3n) is 5.85. The van der Waals surface area contributed by atoms with Crippen LogP contribution in [-0.2, 0) is 6.42 Å². The van der Waals surface area contributed by atoms with Crippen molar-refractivity contribution in [2.75, 3.05) is 0 Å². The molecule has 1 aromatic heterocycles. The van der Waals surface area contributed by atoms with Crippen molar-refractivity contribution >= 4 is 0 Å². The van der Waals surface area contributed by atoms with Gasteiger partial charge in [0.2, 0.25) is 0 Å². The lowest BCUT2D eigenvalue weighted by molar-refractivity contribution is 0.388. The summed E-state index contributed by atoms with van der Waals surface area (Å²) < 4.78 is 26.8. The van der Waals surface area contributed by atoms with E-state index in [1.807, 2.05) is 32.0 Å². The van der Waals surface area contributed by atoms with E-state index in [4.69, 9.17) is 0 Å². The topological polar surface area (TPSA) is 65.7 Å². The second kappa shape index (κ2) is 10.3. The molecule has 0 saturated heterocycles. The number of aromatic nitrogens is 2. The van der Waals surface area contributed by atoms with Crippen molar-refractivity contribution in [3.8, 4) is 0 Å². The molecule has 1 aliphatic carbocycles. The molecule has 0 unspecified atom stereocenters. The zero-order valence-corrected chi connectivity index (χ0v) is 17.9. The second-order valence-electron chi connectivity index (χ2n) is 7.68. The molecule has 0 aliphatic heterocycles. The Hall–Kier alpha value is -3.02. The quantitative estimate of drug-likeness (QED) is 0.587. The van der Waals surface area contributed by atoms with E-state index in [-0.39, 0.29) is 12.3 Å². The van der Waals surface area contributed by atoms with Gasteiger partial charge in [0.15, 0.2) is 11.6 Å². The molecule has 0 spiro atoms. The molecule has 1 saturated carbocycles. The van der Waals surface area contributed by atoms with E-state index in [1.165, 1.54) is 11.6 Å². The van der Waals surface area contributed by atoms with Crippen LogP contribution >= 0.6 is 0 Å². The third kappa shape index (κ3) is 5.37. The van der Waals surface area contributed by atoms with Gasteiger partial charge in [-0.15, -0.1) is 0 Å². The van der Waals surface area contributed by atoms with Crippen LogP contribution in [0.25, 0.3) is 0 Å². The SMILES string of the molecule is CC.O=c1[nH]c(C2CCC(c3ccccc3)CC2)c(Cc2ccc(F)c(F)c2)c(=O)[nH]1. The van der Waals surface area contributed by atoms with Gasteiger partial charge in [-0.05, 0) is 60.8 Å². The van der Waals surface area contributed by atoms with Gasteiger partial charge in [-0.1, -0.05) is 50.2 Å². The standard InChI is InChI=1S/C23H22F2N2O2.C2H6/c24-19-11-6-14(13-20(19)25)12-18-21(26-23(29)27-22(18)28)17-9-7-16(8-10-17)15-4-2-1-3-5-15;1-2/h1-6,11,13,16-17H,7-10,12H2,(H2,26,27,28,29);1-2H3. The molecule has 0 amide bonds. The minimum Gasteiger partial charge on any atom is -0.311 e. The highest BCUT2D eigenvalue weighted by atomic mass is 19.2. The molecular formula is C25H28F2N2O2. The van der Waals surface area contributed by atoms with Crippen molar-refractivity contribution in [2.24, 2.45) is 0 Å². The highest BCUT2D eigenvalue weighted by molar-refractivity contribution is 5.30.